The van der Waals surface area contributed by atoms with Crippen molar-refractivity contribution in [3.05, 3.63) is 76.3 Å². The number of carbonyl (C=O) groups is 1. The zero-order chi connectivity index (χ0) is 19.2. The van der Waals surface area contributed by atoms with Gasteiger partial charge in [0.25, 0.3) is 11.6 Å². The molecule has 0 fully saturated rings. The molecule has 1 amide bonds. The van der Waals surface area contributed by atoms with Crippen molar-refractivity contribution >= 4 is 17.3 Å². The Kier molecular flexibility index (Phi) is 5.36. The lowest BCUT2D eigenvalue weighted by molar-refractivity contribution is -0.384. The maximum atomic E-state index is 12.2. The summed E-state index contributed by atoms with van der Waals surface area (Å²) in [6.45, 7) is 2.40. The first-order valence-corrected chi connectivity index (χ1v) is 8.19. The van der Waals surface area contributed by atoms with Crippen molar-refractivity contribution in [2.24, 2.45) is 0 Å². The molecule has 3 aromatic rings. The molecule has 136 valence electrons. The highest BCUT2D eigenvalue weighted by Crippen LogP contribution is 2.21. The van der Waals surface area contributed by atoms with E-state index in [-0.39, 0.29) is 11.6 Å². The number of non-ortho nitro benzene ring substituents is 1. The number of benzene rings is 2. The quantitative estimate of drug-likeness (QED) is 0.528. The van der Waals surface area contributed by atoms with Crippen LogP contribution in [0.4, 0.5) is 11.4 Å². The smallest absolute Gasteiger partial charge is 0.269 e. The molecular formula is C19H16N4O4. The van der Waals surface area contributed by atoms with E-state index >= 15 is 0 Å². The Morgan fingerprint density at radius 3 is 2.30 bits per heavy atom. The van der Waals surface area contributed by atoms with E-state index in [0.29, 0.717) is 29.4 Å². The molecule has 0 bridgehead atoms. The number of ether oxygens (including phenoxy) is 1. The Labute approximate surface area is 155 Å². The summed E-state index contributed by atoms with van der Waals surface area (Å²) in [4.78, 5) is 22.4. The Balaban J connectivity index is 1.68. The molecule has 2 aromatic carbocycles. The number of nitrogens with one attached hydrogen (secondary N) is 1. The molecule has 0 aliphatic carbocycles. The fraction of sp³-hybridized carbons (Fsp3) is 0.105. The van der Waals surface area contributed by atoms with E-state index in [1.54, 1.807) is 18.2 Å². The summed E-state index contributed by atoms with van der Waals surface area (Å²) in [6, 6.07) is 16.1. The summed E-state index contributed by atoms with van der Waals surface area (Å²) in [5.74, 6) is 0.117. The van der Waals surface area contributed by atoms with E-state index in [9.17, 15) is 14.9 Å². The standard InChI is InChI=1S/C19H16N4O4/c1-2-27-18-12-11-17(21-22-18)13-3-7-15(8-4-13)20-19(24)14-5-9-16(10-6-14)23(25)26/h3-12H,2H2,1H3,(H,20,24). The van der Waals surface area contributed by atoms with Gasteiger partial charge in [0.1, 0.15) is 0 Å². The van der Waals surface area contributed by atoms with Crippen LogP contribution in [-0.4, -0.2) is 27.6 Å². The molecule has 0 spiro atoms. The van der Waals surface area contributed by atoms with E-state index in [2.05, 4.69) is 15.5 Å². The maximum absolute atomic E-state index is 12.2. The van der Waals surface area contributed by atoms with Gasteiger partial charge < -0.3 is 10.1 Å². The van der Waals surface area contributed by atoms with Crippen LogP contribution < -0.4 is 10.1 Å². The number of amides is 1. The van der Waals surface area contributed by atoms with Crippen LogP contribution >= 0.6 is 0 Å². The molecule has 3 rings (SSSR count). The van der Waals surface area contributed by atoms with Crippen molar-refractivity contribution in [3.63, 3.8) is 0 Å². The van der Waals surface area contributed by atoms with Gasteiger partial charge in [-0.25, -0.2) is 0 Å². The van der Waals surface area contributed by atoms with Crippen LogP contribution in [0.1, 0.15) is 17.3 Å². The number of nitro benzene ring substituents is 1. The number of nitrogens with zero attached hydrogens (tertiary/aromatic N) is 3. The van der Waals surface area contributed by atoms with Crippen LogP contribution in [0.25, 0.3) is 11.3 Å². The molecule has 1 aromatic heterocycles. The summed E-state index contributed by atoms with van der Waals surface area (Å²) in [5, 5.41) is 21.5. The minimum atomic E-state index is -0.510. The molecular weight excluding hydrogens is 348 g/mol. The highest BCUT2D eigenvalue weighted by molar-refractivity contribution is 6.04. The summed E-state index contributed by atoms with van der Waals surface area (Å²) in [6.07, 6.45) is 0. The van der Waals surface area contributed by atoms with Crippen LogP contribution in [0, 0.1) is 10.1 Å². The first kappa shape index (κ1) is 18.0. The van der Waals surface area contributed by atoms with Gasteiger partial charge in [-0.3, -0.25) is 14.9 Å². The van der Waals surface area contributed by atoms with Gasteiger partial charge in [-0.2, -0.15) is 0 Å². The number of hydrogen-bond acceptors (Lipinski definition) is 6. The lowest BCUT2D eigenvalue weighted by Gasteiger charge is -2.07. The van der Waals surface area contributed by atoms with Crippen LogP contribution in [0.15, 0.2) is 60.7 Å². The SMILES string of the molecule is CCOc1ccc(-c2ccc(NC(=O)c3ccc([N+](=O)[O-])cc3)cc2)nn1. The van der Waals surface area contributed by atoms with Crippen molar-refractivity contribution in [1.82, 2.24) is 10.2 Å². The third-order valence-electron chi connectivity index (χ3n) is 3.71. The lowest BCUT2D eigenvalue weighted by Crippen LogP contribution is -2.11. The zero-order valence-corrected chi connectivity index (χ0v) is 14.5. The summed E-state index contributed by atoms with van der Waals surface area (Å²) in [7, 11) is 0. The van der Waals surface area contributed by atoms with Crippen LogP contribution in [0.3, 0.4) is 0 Å². The third-order valence-corrected chi connectivity index (χ3v) is 3.71. The van der Waals surface area contributed by atoms with Crippen molar-refractivity contribution in [2.75, 3.05) is 11.9 Å². The fourth-order valence-corrected chi connectivity index (χ4v) is 2.36. The molecule has 0 unspecified atom stereocenters. The van der Waals surface area contributed by atoms with Crippen LogP contribution in [-0.2, 0) is 0 Å². The number of aromatic nitrogens is 2. The number of nitro groups is 1. The normalized spacial score (nSPS) is 10.3. The maximum Gasteiger partial charge on any atom is 0.269 e. The first-order valence-electron chi connectivity index (χ1n) is 8.19. The average Bonchev–Trinajstić information content (AvgIpc) is 2.69. The predicted molar refractivity (Wildman–Crippen MR) is 99.7 cm³/mol. The molecule has 1 N–H and O–H groups in total. The van der Waals surface area contributed by atoms with Crippen molar-refractivity contribution in [1.29, 1.82) is 0 Å². The molecule has 1 heterocycles. The molecule has 8 nitrogen and oxygen atoms in total. The zero-order valence-electron chi connectivity index (χ0n) is 14.5. The third kappa shape index (κ3) is 4.43. The highest BCUT2D eigenvalue weighted by Gasteiger charge is 2.10. The van der Waals surface area contributed by atoms with E-state index in [1.165, 1.54) is 24.3 Å². The second-order valence-corrected chi connectivity index (χ2v) is 5.53. The number of hydrogen-bond donors (Lipinski definition) is 1. The lowest BCUT2D eigenvalue weighted by atomic mass is 10.1. The van der Waals surface area contributed by atoms with Crippen LogP contribution in [0.5, 0.6) is 5.88 Å². The largest absolute Gasteiger partial charge is 0.477 e. The van der Waals surface area contributed by atoms with E-state index < -0.39 is 4.92 Å². The molecule has 0 saturated heterocycles. The fourth-order valence-electron chi connectivity index (χ4n) is 2.36. The number of anilines is 1. The van der Waals surface area contributed by atoms with Crippen molar-refractivity contribution in [2.45, 2.75) is 6.92 Å². The van der Waals surface area contributed by atoms with E-state index in [0.717, 1.165) is 5.56 Å². The number of carbonyl (C=O) groups excluding carboxylic acids is 1. The number of rotatable bonds is 6. The summed E-state index contributed by atoms with van der Waals surface area (Å²) >= 11 is 0. The van der Waals surface area contributed by atoms with Gasteiger partial charge in [-0.05, 0) is 37.3 Å². The average molecular weight is 364 g/mol. The minimum Gasteiger partial charge on any atom is -0.477 e. The van der Waals surface area contributed by atoms with Gasteiger partial charge in [0.15, 0.2) is 0 Å². The van der Waals surface area contributed by atoms with Gasteiger partial charge in [0.05, 0.1) is 17.2 Å². The van der Waals surface area contributed by atoms with Crippen molar-refractivity contribution < 1.29 is 14.5 Å². The van der Waals surface area contributed by atoms with Gasteiger partial charge in [0, 0.05) is 35.0 Å². The summed E-state index contributed by atoms with van der Waals surface area (Å²) in [5.41, 5.74) is 2.40. The molecule has 0 radical (unpaired) electrons. The Morgan fingerprint density at radius 1 is 1.04 bits per heavy atom. The van der Waals surface area contributed by atoms with E-state index in [4.69, 9.17) is 4.74 Å². The first-order chi connectivity index (χ1) is 13.1. The minimum absolute atomic E-state index is 0.0626. The van der Waals surface area contributed by atoms with Gasteiger partial charge in [-0.1, -0.05) is 12.1 Å². The predicted octanol–water partition coefficient (Wildman–Crippen LogP) is 3.70. The second-order valence-electron chi connectivity index (χ2n) is 5.53. The Bertz CT molecular complexity index is 939. The molecule has 0 saturated carbocycles. The van der Waals surface area contributed by atoms with Crippen molar-refractivity contribution in [3.8, 4) is 17.1 Å². The van der Waals surface area contributed by atoms with Gasteiger partial charge in [-0.15, -0.1) is 10.2 Å². The van der Waals surface area contributed by atoms with Gasteiger partial charge >= 0.3 is 0 Å². The Morgan fingerprint density at radius 2 is 1.74 bits per heavy atom. The second kappa shape index (κ2) is 8.05. The Hall–Kier alpha value is -3.81. The molecule has 27 heavy (non-hydrogen) atoms. The molecule has 0 aliphatic rings. The van der Waals surface area contributed by atoms with E-state index in [1.807, 2.05) is 25.1 Å². The van der Waals surface area contributed by atoms with Crippen LogP contribution in [0.2, 0.25) is 0 Å². The molecule has 0 atom stereocenters. The monoisotopic (exact) mass is 364 g/mol. The summed E-state index contributed by atoms with van der Waals surface area (Å²) < 4.78 is 5.26. The highest BCUT2D eigenvalue weighted by atomic mass is 16.6. The molecule has 8 heteroatoms. The van der Waals surface area contributed by atoms with Gasteiger partial charge in [0.2, 0.25) is 5.88 Å². The molecule has 0 aliphatic heterocycles. The topological polar surface area (TPSA) is 107 Å².